The van der Waals surface area contributed by atoms with Gasteiger partial charge in [0.15, 0.2) is 0 Å². The van der Waals surface area contributed by atoms with Crippen molar-refractivity contribution in [1.82, 2.24) is 0 Å². The van der Waals surface area contributed by atoms with Crippen LogP contribution in [0.5, 0.6) is 0 Å². The van der Waals surface area contributed by atoms with Gasteiger partial charge in [-0.1, -0.05) is 84.9 Å². The molecule has 0 aliphatic rings. The van der Waals surface area contributed by atoms with Gasteiger partial charge in [0, 0.05) is 22.3 Å². The number of Topliss-reactive ketones (excluding diaryl/α,β-unsaturated/α-hetero) is 4. The molecule has 0 heterocycles. The first kappa shape index (κ1) is 19.2. The van der Waals surface area contributed by atoms with E-state index in [2.05, 4.69) is 0 Å². The molecule has 0 fully saturated rings. The van der Waals surface area contributed by atoms with Crippen LogP contribution in [0.15, 0.2) is 97.1 Å². The molecule has 0 N–H and O–H groups in total. The van der Waals surface area contributed by atoms with Crippen molar-refractivity contribution in [2.24, 2.45) is 0 Å². The number of fused-ring (bicyclic) bond motifs is 1. The van der Waals surface area contributed by atoms with Gasteiger partial charge in [-0.15, -0.1) is 0 Å². The first-order chi connectivity index (χ1) is 14.5. The van der Waals surface area contributed by atoms with Crippen molar-refractivity contribution >= 4 is 33.9 Å². The predicted octanol–water partition coefficient (Wildman–Crippen LogP) is 4.97. The minimum absolute atomic E-state index is 0.274. The highest BCUT2D eigenvalue weighted by Crippen LogP contribution is 2.20. The molecule has 0 atom stereocenters. The van der Waals surface area contributed by atoms with Crippen molar-refractivity contribution < 1.29 is 19.2 Å². The second kappa shape index (κ2) is 8.05. The van der Waals surface area contributed by atoms with E-state index in [0.29, 0.717) is 21.9 Å². The topological polar surface area (TPSA) is 68.3 Å². The van der Waals surface area contributed by atoms with E-state index < -0.39 is 23.1 Å². The minimum atomic E-state index is -0.595. The lowest BCUT2D eigenvalue weighted by atomic mass is 9.96. The third-order valence-electron chi connectivity index (χ3n) is 4.85. The fourth-order valence-electron chi connectivity index (χ4n) is 3.23. The van der Waals surface area contributed by atoms with E-state index in [0.717, 1.165) is 0 Å². The second-order valence-corrected chi connectivity index (χ2v) is 6.83. The van der Waals surface area contributed by atoms with Crippen LogP contribution in [0.25, 0.3) is 10.8 Å². The highest BCUT2D eigenvalue weighted by molar-refractivity contribution is 6.50. The van der Waals surface area contributed by atoms with Crippen LogP contribution < -0.4 is 0 Å². The number of benzene rings is 4. The number of rotatable bonds is 6. The molecule has 0 aliphatic carbocycles. The van der Waals surface area contributed by atoms with Gasteiger partial charge in [0.25, 0.3) is 0 Å². The minimum Gasteiger partial charge on any atom is -0.285 e. The standard InChI is InChI=1S/C26H16O4/c27-23(17-7-3-1-4-8-17)25(29)21-13-11-20-16-22(14-12-19(20)15-21)26(30)24(28)18-9-5-2-6-10-18/h1-16H. The molecule has 4 aromatic rings. The summed E-state index contributed by atoms with van der Waals surface area (Å²) in [6.07, 6.45) is 0. The molecule has 0 radical (unpaired) electrons. The third kappa shape index (κ3) is 3.71. The summed E-state index contributed by atoms with van der Waals surface area (Å²) >= 11 is 0. The first-order valence-electron chi connectivity index (χ1n) is 9.36. The molecular weight excluding hydrogens is 376 g/mol. The van der Waals surface area contributed by atoms with E-state index in [-0.39, 0.29) is 11.1 Å². The largest absolute Gasteiger partial charge is 0.285 e. The van der Waals surface area contributed by atoms with Crippen LogP contribution in [0.3, 0.4) is 0 Å². The Morgan fingerprint density at radius 1 is 0.367 bits per heavy atom. The van der Waals surface area contributed by atoms with E-state index in [1.165, 1.54) is 0 Å². The van der Waals surface area contributed by atoms with Gasteiger partial charge in [-0.05, 0) is 22.9 Å². The SMILES string of the molecule is O=C(C(=O)c1ccc2cc(C(=O)C(=O)c3ccccc3)ccc2c1)c1ccccc1. The van der Waals surface area contributed by atoms with Gasteiger partial charge in [-0.2, -0.15) is 0 Å². The lowest BCUT2D eigenvalue weighted by Crippen LogP contribution is -2.15. The summed E-state index contributed by atoms with van der Waals surface area (Å²) in [5, 5.41) is 1.40. The van der Waals surface area contributed by atoms with Crippen LogP contribution >= 0.6 is 0 Å². The molecule has 4 rings (SSSR count). The third-order valence-corrected chi connectivity index (χ3v) is 4.85. The number of hydrogen-bond acceptors (Lipinski definition) is 4. The Morgan fingerprint density at radius 3 is 1.07 bits per heavy atom. The van der Waals surface area contributed by atoms with E-state index in [4.69, 9.17) is 0 Å². The summed E-state index contributed by atoms with van der Waals surface area (Å²) in [4.78, 5) is 49.9. The van der Waals surface area contributed by atoms with Gasteiger partial charge in [0.05, 0.1) is 0 Å². The van der Waals surface area contributed by atoms with Crippen molar-refractivity contribution in [1.29, 1.82) is 0 Å². The van der Waals surface area contributed by atoms with Crippen LogP contribution in [0.2, 0.25) is 0 Å². The Labute approximate surface area is 172 Å². The number of carbonyl (C=O) groups is 4. The summed E-state index contributed by atoms with van der Waals surface area (Å²) in [6, 6.07) is 26.5. The molecule has 0 spiro atoms. The smallest absolute Gasteiger partial charge is 0.233 e. The van der Waals surface area contributed by atoms with Crippen LogP contribution in [0.1, 0.15) is 41.4 Å². The molecule has 4 nitrogen and oxygen atoms in total. The molecule has 0 unspecified atom stereocenters. The lowest BCUT2D eigenvalue weighted by molar-refractivity contribution is 0.0817. The number of ketones is 4. The summed E-state index contributed by atoms with van der Waals surface area (Å²) in [6.45, 7) is 0. The molecule has 0 saturated heterocycles. The van der Waals surface area contributed by atoms with Crippen molar-refractivity contribution in [2.75, 3.05) is 0 Å². The molecule has 0 aromatic heterocycles. The predicted molar refractivity (Wildman–Crippen MR) is 114 cm³/mol. The highest BCUT2D eigenvalue weighted by Gasteiger charge is 2.20. The van der Waals surface area contributed by atoms with E-state index >= 15 is 0 Å². The maximum Gasteiger partial charge on any atom is 0.233 e. The molecule has 144 valence electrons. The number of hydrogen-bond donors (Lipinski definition) is 0. The van der Waals surface area contributed by atoms with Crippen LogP contribution in [-0.2, 0) is 0 Å². The van der Waals surface area contributed by atoms with Gasteiger partial charge in [0.1, 0.15) is 0 Å². The Morgan fingerprint density at radius 2 is 0.700 bits per heavy atom. The fourth-order valence-corrected chi connectivity index (χ4v) is 3.23. The number of carbonyl (C=O) groups excluding carboxylic acids is 4. The van der Waals surface area contributed by atoms with Crippen molar-refractivity contribution in [3.05, 3.63) is 119 Å². The fraction of sp³-hybridized carbons (Fsp3) is 0. The summed E-state index contributed by atoms with van der Waals surface area (Å²) in [5.74, 6) is -2.34. The van der Waals surface area contributed by atoms with E-state index in [1.807, 2.05) is 0 Å². The molecule has 30 heavy (non-hydrogen) atoms. The Bertz CT molecular complexity index is 1190. The zero-order valence-corrected chi connectivity index (χ0v) is 15.9. The monoisotopic (exact) mass is 392 g/mol. The van der Waals surface area contributed by atoms with Gasteiger partial charge < -0.3 is 0 Å². The van der Waals surface area contributed by atoms with Gasteiger partial charge >= 0.3 is 0 Å². The molecule has 0 saturated carbocycles. The molecule has 4 aromatic carbocycles. The van der Waals surface area contributed by atoms with Gasteiger partial charge in [-0.25, -0.2) is 0 Å². The second-order valence-electron chi connectivity index (χ2n) is 6.83. The first-order valence-corrected chi connectivity index (χ1v) is 9.36. The van der Waals surface area contributed by atoms with Gasteiger partial charge in [-0.3, -0.25) is 19.2 Å². The normalized spacial score (nSPS) is 10.5. The maximum absolute atomic E-state index is 12.6. The Kier molecular flexibility index (Phi) is 5.14. The van der Waals surface area contributed by atoms with Crippen LogP contribution in [0, 0.1) is 0 Å². The van der Waals surface area contributed by atoms with Crippen molar-refractivity contribution in [3.8, 4) is 0 Å². The lowest BCUT2D eigenvalue weighted by Gasteiger charge is -2.06. The average molecular weight is 392 g/mol. The zero-order valence-electron chi connectivity index (χ0n) is 15.9. The van der Waals surface area contributed by atoms with Crippen molar-refractivity contribution in [2.45, 2.75) is 0 Å². The molecular formula is C26H16O4. The summed E-state index contributed by atoms with van der Waals surface area (Å²) < 4.78 is 0. The molecule has 4 heteroatoms. The quantitative estimate of drug-likeness (QED) is 0.343. The van der Waals surface area contributed by atoms with E-state index in [9.17, 15) is 19.2 Å². The molecule has 0 amide bonds. The Balaban J connectivity index is 1.61. The summed E-state index contributed by atoms with van der Waals surface area (Å²) in [5.41, 5.74) is 1.22. The highest BCUT2D eigenvalue weighted by atomic mass is 16.2. The molecule has 0 aliphatic heterocycles. The van der Waals surface area contributed by atoms with Crippen LogP contribution in [0.4, 0.5) is 0 Å². The summed E-state index contributed by atoms with van der Waals surface area (Å²) in [7, 11) is 0. The van der Waals surface area contributed by atoms with Crippen molar-refractivity contribution in [3.63, 3.8) is 0 Å². The van der Waals surface area contributed by atoms with Crippen LogP contribution in [-0.4, -0.2) is 23.1 Å². The maximum atomic E-state index is 12.6. The Hall–Kier alpha value is -4.18. The molecule has 0 bridgehead atoms. The van der Waals surface area contributed by atoms with E-state index in [1.54, 1.807) is 97.1 Å². The zero-order chi connectivity index (χ0) is 21.1. The van der Waals surface area contributed by atoms with Gasteiger partial charge in [0.2, 0.25) is 23.1 Å². The average Bonchev–Trinajstić information content (AvgIpc) is 2.82.